The van der Waals surface area contributed by atoms with E-state index in [1.807, 2.05) is 5.38 Å². The van der Waals surface area contributed by atoms with Gasteiger partial charge in [0.05, 0.1) is 26.9 Å². The van der Waals surface area contributed by atoms with Crippen molar-refractivity contribution in [1.29, 1.82) is 0 Å². The van der Waals surface area contributed by atoms with Gasteiger partial charge in [0.2, 0.25) is 0 Å². The van der Waals surface area contributed by atoms with E-state index in [4.69, 9.17) is 23.2 Å². The molecule has 11 heteroatoms. The van der Waals surface area contributed by atoms with Gasteiger partial charge in [0, 0.05) is 28.6 Å². The van der Waals surface area contributed by atoms with Crippen molar-refractivity contribution in [2.24, 2.45) is 0 Å². The maximum absolute atomic E-state index is 13.0. The first-order valence-electron chi connectivity index (χ1n) is 12.3. The minimum absolute atomic E-state index is 0.0561. The predicted molar refractivity (Wildman–Crippen MR) is 158 cm³/mol. The third-order valence-electron chi connectivity index (χ3n) is 6.38. The van der Waals surface area contributed by atoms with E-state index < -0.39 is 23.6 Å². The molecule has 212 valence electrons. The van der Waals surface area contributed by atoms with Gasteiger partial charge in [-0.2, -0.15) is 13.2 Å². The second-order valence-electron chi connectivity index (χ2n) is 9.19. The molecule has 0 unspecified atom stereocenters. The van der Waals surface area contributed by atoms with Crippen molar-refractivity contribution in [3.05, 3.63) is 123 Å². The molecule has 1 heterocycles. The van der Waals surface area contributed by atoms with E-state index in [0.29, 0.717) is 43.0 Å². The van der Waals surface area contributed by atoms with E-state index >= 15 is 0 Å². The molecule has 1 aromatic heterocycles. The zero-order valence-electron chi connectivity index (χ0n) is 21.4. The first-order valence-corrected chi connectivity index (χ1v) is 14.0. The number of rotatable bonds is 7. The molecular weight excluding hydrogens is 608 g/mol. The average Bonchev–Trinajstić information content (AvgIpc) is 3.47. The average molecular weight is 627 g/mol. The number of amides is 1. The summed E-state index contributed by atoms with van der Waals surface area (Å²) in [6.07, 6.45) is -4.47. The highest BCUT2D eigenvalue weighted by atomic mass is 35.5. The molecule has 5 aromatic rings. The van der Waals surface area contributed by atoms with E-state index in [-0.39, 0.29) is 17.7 Å². The van der Waals surface area contributed by atoms with Crippen molar-refractivity contribution < 1.29 is 27.9 Å². The highest BCUT2D eigenvalue weighted by Crippen LogP contribution is 2.35. The summed E-state index contributed by atoms with van der Waals surface area (Å²) in [5, 5.41) is 15.9. The van der Waals surface area contributed by atoms with Gasteiger partial charge < -0.3 is 10.4 Å². The van der Waals surface area contributed by atoms with Crippen LogP contribution in [-0.4, -0.2) is 22.0 Å². The fourth-order valence-corrected chi connectivity index (χ4v) is 5.37. The highest BCUT2D eigenvalue weighted by Gasteiger charge is 2.30. The van der Waals surface area contributed by atoms with Crippen LogP contribution in [0.15, 0.2) is 90.3 Å². The Morgan fingerprint density at radius 1 is 0.857 bits per heavy atom. The molecule has 0 atom stereocenters. The van der Waals surface area contributed by atoms with Crippen LogP contribution in [0.25, 0.3) is 33.0 Å². The van der Waals surface area contributed by atoms with Gasteiger partial charge in [-0.3, -0.25) is 4.79 Å². The molecule has 0 fully saturated rings. The number of carboxylic acids is 1. The third kappa shape index (κ3) is 6.49. The van der Waals surface area contributed by atoms with Gasteiger partial charge in [-0.15, -0.1) is 11.3 Å². The minimum atomic E-state index is -4.47. The number of nitrogens with zero attached hydrogens (tertiary/aromatic N) is 1. The van der Waals surface area contributed by atoms with Crippen molar-refractivity contribution >= 4 is 46.4 Å². The monoisotopic (exact) mass is 626 g/mol. The molecule has 0 aliphatic rings. The Balaban J connectivity index is 1.33. The first-order chi connectivity index (χ1) is 20.0. The van der Waals surface area contributed by atoms with E-state index in [2.05, 4.69) is 10.3 Å². The molecule has 0 saturated heterocycles. The SMILES string of the molecule is O=C(NCc1cccc(C(F)(F)F)c1)c1ccc(-c2ccc(-c3nc(-c4ccc(Cl)c(Cl)c4)cs3)cc2C(=O)O)cc1. The number of carboxylic acid groups (broad SMARTS) is 1. The Kier molecular flexibility index (Phi) is 8.36. The second kappa shape index (κ2) is 12.0. The van der Waals surface area contributed by atoms with Gasteiger partial charge in [0.15, 0.2) is 0 Å². The topological polar surface area (TPSA) is 79.3 Å². The Bertz CT molecular complexity index is 1800. The number of hydrogen-bond acceptors (Lipinski definition) is 4. The maximum Gasteiger partial charge on any atom is 0.416 e. The number of hydrogen-bond donors (Lipinski definition) is 2. The molecule has 0 saturated carbocycles. The Hall–Kier alpha value is -4.18. The zero-order valence-corrected chi connectivity index (χ0v) is 23.7. The van der Waals surface area contributed by atoms with Crippen molar-refractivity contribution in [2.45, 2.75) is 12.7 Å². The van der Waals surface area contributed by atoms with Crippen LogP contribution in [0.2, 0.25) is 10.0 Å². The van der Waals surface area contributed by atoms with Gasteiger partial charge in [-0.25, -0.2) is 9.78 Å². The van der Waals surface area contributed by atoms with Crippen LogP contribution in [0.3, 0.4) is 0 Å². The lowest BCUT2D eigenvalue weighted by atomic mass is 9.96. The van der Waals surface area contributed by atoms with E-state index in [1.165, 1.54) is 35.6 Å². The summed E-state index contributed by atoms with van der Waals surface area (Å²) < 4.78 is 38.9. The van der Waals surface area contributed by atoms with Crippen LogP contribution < -0.4 is 5.32 Å². The summed E-state index contributed by atoms with van der Waals surface area (Å²) in [7, 11) is 0. The Morgan fingerprint density at radius 3 is 2.26 bits per heavy atom. The third-order valence-corrected chi connectivity index (χ3v) is 8.01. The number of alkyl halides is 3. The molecule has 0 spiro atoms. The van der Waals surface area contributed by atoms with Gasteiger partial charge in [-0.05, 0) is 59.2 Å². The van der Waals surface area contributed by atoms with Crippen molar-refractivity contribution in [2.75, 3.05) is 0 Å². The minimum Gasteiger partial charge on any atom is -0.478 e. The summed E-state index contributed by atoms with van der Waals surface area (Å²) in [6, 6.07) is 21.2. The number of carbonyl (C=O) groups excluding carboxylic acids is 1. The number of aromatic carboxylic acids is 1. The predicted octanol–water partition coefficient (Wildman–Crippen LogP) is 9.10. The molecule has 4 aromatic carbocycles. The Labute approximate surface area is 252 Å². The standard InChI is InChI=1S/C31H19Cl2F3N2O3S/c32-25-11-9-20(14-26(25)33)27-16-42-29(38-27)21-8-10-23(24(13-21)30(40)41)18-4-6-19(7-5-18)28(39)37-15-17-2-1-3-22(12-17)31(34,35)36/h1-14,16H,15H2,(H,37,39)(H,40,41). The normalized spacial score (nSPS) is 11.4. The van der Waals surface area contributed by atoms with Crippen LogP contribution >= 0.6 is 34.5 Å². The quantitative estimate of drug-likeness (QED) is 0.189. The van der Waals surface area contributed by atoms with Crippen LogP contribution in [0, 0.1) is 0 Å². The van der Waals surface area contributed by atoms with Crippen LogP contribution in [-0.2, 0) is 12.7 Å². The summed E-state index contributed by atoms with van der Waals surface area (Å²) in [5.41, 5.74) is 2.95. The highest BCUT2D eigenvalue weighted by molar-refractivity contribution is 7.13. The van der Waals surface area contributed by atoms with Crippen molar-refractivity contribution in [1.82, 2.24) is 10.3 Å². The van der Waals surface area contributed by atoms with E-state index in [9.17, 15) is 27.9 Å². The van der Waals surface area contributed by atoms with Crippen LogP contribution in [0.5, 0.6) is 0 Å². The molecular formula is C31H19Cl2F3N2O3S. The largest absolute Gasteiger partial charge is 0.478 e. The first kappa shape index (κ1) is 29.3. The van der Waals surface area contributed by atoms with Crippen molar-refractivity contribution in [3.63, 3.8) is 0 Å². The molecule has 42 heavy (non-hydrogen) atoms. The number of carbonyl (C=O) groups is 2. The number of halogens is 5. The van der Waals surface area contributed by atoms with Gasteiger partial charge >= 0.3 is 12.1 Å². The summed E-state index contributed by atoms with van der Waals surface area (Å²) in [5.74, 6) is -1.61. The lowest BCUT2D eigenvalue weighted by Crippen LogP contribution is -2.23. The van der Waals surface area contributed by atoms with Crippen molar-refractivity contribution in [3.8, 4) is 33.0 Å². The van der Waals surface area contributed by atoms with E-state index in [1.54, 1.807) is 48.5 Å². The summed E-state index contributed by atoms with van der Waals surface area (Å²) in [4.78, 5) is 29.4. The molecule has 2 N–H and O–H groups in total. The Morgan fingerprint density at radius 2 is 1.57 bits per heavy atom. The lowest BCUT2D eigenvalue weighted by molar-refractivity contribution is -0.137. The van der Waals surface area contributed by atoms with E-state index in [0.717, 1.165) is 17.7 Å². The van der Waals surface area contributed by atoms with Gasteiger partial charge in [-0.1, -0.05) is 65.7 Å². The van der Waals surface area contributed by atoms with Gasteiger partial charge in [0.1, 0.15) is 5.01 Å². The molecule has 0 bridgehead atoms. The fraction of sp³-hybridized carbons (Fsp3) is 0.0645. The number of nitrogens with one attached hydrogen (secondary N) is 1. The fourth-order valence-electron chi connectivity index (χ4n) is 4.24. The summed E-state index contributed by atoms with van der Waals surface area (Å²) in [6.45, 7) is -0.0847. The maximum atomic E-state index is 13.0. The lowest BCUT2D eigenvalue weighted by Gasteiger charge is -2.11. The van der Waals surface area contributed by atoms with Crippen LogP contribution in [0.1, 0.15) is 31.8 Å². The smallest absolute Gasteiger partial charge is 0.416 e. The van der Waals surface area contributed by atoms with Gasteiger partial charge in [0.25, 0.3) is 5.91 Å². The second-order valence-corrected chi connectivity index (χ2v) is 10.9. The molecule has 0 aliphatic carbocycles. The number of aromatic nitrogens is 1. The molecule has 0 radical (unpaired) electrons. The van der Waals surface area contributed by atoms with Crippen LogP contribution in [0.4, 0.5) is 13.2 Å². The molecule has 5 rings (SSSR count). The molecule has 5 nitrogen and oxygen atoms in total. The summed E-state index contributed by atoms with van der Waals surface area (Å²) >= 11 is 13.5. The number of thiazole rings is 1. The molecule has 1 amide bonds. The molecule has 0 aliphatic heterocycles. The zero-order chi connectivity index (χ0) is 30.0. The number of benzene rings is 4.